The quantitative estimate of drug-likeness (QED) is 0.862. The molecule has 0 aliphatic rings. The van der Waals surface area contributed by atoms with Gasteiger partial charge in [0.05, 0.1) is 19.3 Å². The molecule has 15 heavy (non-hydrogen) atoms. The van der Waals surface area contributed by atoms with Gasteiger partial charge in [-0.2, -0.15) is 0 Å². The van der Waals surface area contributed by atoms with Gasteiger partial charge in [-0.15, -0.1) is 0 Å². The van der Waals surface area contributed by atoms with Crippen LogP contribution in [0.5, 0.6) is 0 Å². The summed E-state index contributed by atoms with van der Waals surface area (Å²) in [5.74, 6) is 0. The summed E-state index contributed by atoms with van der Waals surface area (Å²) in [6.07, 6.45) is -0.0397. The first-order valence-electron chi connectivity index (χ1n) is 4.82. The molecule has 2 N–H and O–H groups in total. The second kappa shape index (κ2) is 6.95. The third-order valence-corrected chi connectivity index (χ3v) is 2.82. The van der Waals surface area contributed by atoms with E-state index in [1.165, 1.54) is 0 Å². The van der Waals surface area contributed by atoms with Crippen molar-refractivity contribution in [2.24, 2.45) is 5.73 Å². The van der Waals surface area contributed by atoms with Gasteiger partial charge in [-0.25, -0.2) is 0 Å². The molecule has 0 spiro atoms. The van der Waals surface area contributed by atoms with Crippen LogP contribution < -0.4 is 5.73 Å². The van der Waals surface area contributed by atoms with Gasteiger partial charge < -0.3 is 15.2 Å². The fraction of sp³-hybridized carbons (Fsp3) is 0.455. The van der Waals surface area contributed by atoms with E-state index in [9.17, 15) is 0 Å². The molecule has 0 aromatic heterocycles. The summed E-state index contributed by atoms with van der Waals surface area (Å²) >= 11 is 3.46. The van der Waals surface area contributed by atoms with E-state index in [1.807, 2.05) is 24.3 Å². The van der Waals surface area contributed by atoms with E-state index in [0.29, 0.717) is 19.8 Å². The van der Waals surface area contributed by atoms with Crippen LogP contribution in [0.25, 0.3) is 0 Å². The minimum atomic E-state index is -0.0397. The van der Waals surface area contributed by atoms with Gasteiger partial charge in [0.25, 0.3) is 0 Å². The SMILES string of the molecule is COCC(CN)OCc1ccccc1Br. The molecule has 0 aliphatic carbocycles. The molecule has 0 saturated carbocycles. The number of ether oxygens (including phenoxy) is 2. The molecule has 0 amide bonds. The summed E-state index contributed by atoms with van der Waals surface area (Å²) < 4.78 is 11.7. The van der Waals surface area contributed by atoms with Crippen molar-refractivity contribution in [1.82, 2.24) is 0 Å². The Morgan fingerprint density at radius 2 is 2.13 bits per heavy atom. The zero-order chi connectivity index (χ0) is 11.1. The normalized spacial score (nSPS) is 12.7. The van der Waals surface area contributed by atoms with E-state index < -0.39 is 0 Å². The van der Waals surface area contributed by atoms with Crippen LogP contribution in [0.15, 0.2) is 28.7 Å². The summed E-state index contributed by atoms with van der Waals surface area (Å²) in [4.78, 5) is 0. The zero-order valence-corrected chi connectivity index (χ0v) is 10.4. The highest BCUT2D eigenvalue weighted by Gasteiger charge is 2.07. The lowest BCUT2D eigenvalue weighted by atomic mass is 10.2. The molecule has 84 valence electrons. The first-order valence-corrected chi connectivity index (χ1v) is 5.61. The lowest BCUT2D eigenvalue weighted by Gasteiger charge is -2.15. The molecule has 4 heteroatoms. The van der Waals surface area contributed by atoms with Crippen LogP contribution in [0, 0.1) is 0 Å². The summed E-state index contributed by atoms with van der Waals surface area (Å²) in [5.41, 5.74) is 6.66. The molecule has 0 saturated heterocycles. The topological polar surface area (TPSA) is 44.5 Å². The smallest absolute Gasteiger partial charge is 0.0934 e. The number of nitrogens with two attached hydrogens (primary N) is 1. The number of rotatable bonds is 6. The Morgan fingerprint density at radius 3 is 2.73 bits per heavy atom. The molecular formula is C11H16BrNO2. The molecule has 0 aliphatic heterocycles. The summed E-state index contributed by atoms with van der Waals surface area (Å²) in [6.45, 7) is 1.55. The fourth-order valence-corrected chi connectivity index (χ4v) is 1.59. The van der Waals surface area contributed by atoms with Gasteiger partial charge in [0.2, 0.25) is 0 Å². The van der Waals surface area contributed by atoms with Gasteiger partial charge in [-0.1, -0.05) is 34.1 Å². The molecule has 0 heterocycles. The average molecular weight is 274 g/mol. The van der Waals surface area contributed by atoms with Crippen LogP contribution in [0.2, 0.25) is 0 Å². The number of hydrogen-bond acceptors (Lipinski definition) is 3. The molecule has 1 aromatic rings. The van der Waals surface area contributed by atoms with Gasteiger partial charge in [-0.3, -0.25) is 0 Å². The van der Waals surface area contributed by atoms with E-state index in [-0.39, 0.29) is 6.10 Å². The van der Waals surface area contributed by atoms with Gasteiger partial charge in [0.1, 0.15) is 0 Å². The zero-order valence-electron chi connectivity index (χ0n) is 8.78. The molecule has 1 unspecified atom stereocenters. The van der Waals surface area contributed by atoms with Crippen molar-refractivity contribution in [3.63, 3.8) is 0 Å². The molecule has 1 rings (SSSR count). The van der Waals surface area contributed by atoms with Crippen LogP contribution >= 0.6 is 15.9 Å². The average Bonchev–Trinajstić information content (AvgIpc) is 2.26. The Labute approximate surface area is 98.7 Å². The first kappa shape index (κ1) is 12.6. The van der Waals surface area contributed by atoms with Crippen LogP contribution in [0.1, 0.15) is 5.56 Å². The number of methoxy groups -OCH3 is 1. The van der Waals surface area contributed by atoms with Crippen molar-refractivity contribution >= 4 is 15.9 Å². The van der Waals surface area contributed by atoms with E-state index in [0.717, 1.165) is 10.0 Å². The number of benzene rings is 1. The number of halogens is 1. The van der Waals surface area contributed by atoms with E-state index in [2.05, 4.69) is 15.9 Å². The van der Waals surface area contributed by atoms with Crippen LogP contribution in [-0.2, 0) is 16.1 Å². The lowest BCUT2D eigenvalue weighted by molar-refractivity contribution is -0.00582. The van der Waals surface area contributed by atoms with Crippen molar-refractivity contribution in [3.05, 3.63) is 34.3 Å². The minimum Gasteiger partial charge on any atom is -0.382 e. The molecule has 1 aromatic carbocycles. The highest BCUT2D eigenvalue weighted by Crippen LogP contribution is 2.17. The molecule has 0 bridgehead atoms. The maximum atomic E-state index is 5.62. The van der Waals surface area contributed by atoms with Crippen LogP contribution in [0.3, 0.4) is 0 Å². The standard InChI is InChI=1S/C11H16BrNO2/c1-14-8-10(6-13)15-7-9-4-2-3-5-11(9)12/h2-5,10H,6-8,13H2,1H3. The second-order valence-electron chi connectivity index (χ2n) is 3.22. The predicted molar refractivity (Wildman–Crippen MR) is 63.6 cm³/mol. The van der Waals surface area contributed by atoms with E-state index in [1.54, 1.807) is 7.11 Å². The molecule has 0 fully saturated rings. The Hall–Kier alpha value is -0.420. The largest absolute Gasteiger partial charge is 0.382 e. The lowest BCUT2D eigenvalue weighted by Crippen LogP contribution is -2.28. The summed E-state index contributed by atoms with van der Waals surface area (Å²) in [6, 6.07) is 7.97. The number of hydrogen-bond donors (Lipinski definition) is 1. The maximum Gasteiger partial charge on any atom is 0.0934 e. The van der Waals surface area contributed by atoms with Crippen molar-refractivity contribution in [2.45, 2.75) is 12.7 Å². The highest BCUT2D eigenvalue weighted by atomic mass is 79.9. The first-order chi connectivity index (χ1) is 7.27. The van der Waals surface area contributed by atoms with Crippen molar-refractivity contribution in [3.8, 4) is 0 Å². The van der Waals surface area contributed by atoms with E-state index in [4.69, 9.17) is 15.2 Å². The third kappa shape index (κ3) is 4.30. The predicted octanol–water partition coefficient (Wildman–Crippen LogP) is 1.94. The van der Waals surface area contributed by atoms with Crippen molar-refractivity contribution in [2.75, 3.05) is 20.3 Å². The Bertz CT molecular complexity index is 294. The molecular weight excluding hydrogens is 258 g/mol. The van der Waals surface area contributed by atoms with Gasteiger partial charge in [0.15, 0.2) is 0 Å². The van der Waals surface area contributed by atoms with Crippen molar-refractivity contribution in [1.29, 1.82) is 0 Å². The van der Waals surface area contributed by atoms with Crippen molar-refractivity contribution < 1.29 is 9.47 Å². The third-order valence-electron chi connectivity index (χ3n) is 2.05. The Kier molecular flexibility index (Phi) is 5.86. The maximum absolute atomic E-state index is 5.62. The van der Waals surface area contributed by atoms with E-state index >= 15 is 0 Å². The summed E-state index contributed by atoms with van der Waals surface area (Å²) in [5, 5.41) is 0. The fourth-order valence-electron chi connectivity index (χ4n) is 1.19. The van der Waals surface area contributed by atoms with Gasteiger partial charge >= 0.3 is 0 Å². The highest BCUT2D eigenvalue weighted by molar-refractivity contribution is 9.10. The summed E-state index contributed by atoms with van der Waals surface area (Å²) in [7, 11) is 1.64. The Morgan fingerprint density at radius 1 is 1.40 bits per heavy atom. The van der Waals surface area contributed by atoms with Gasteiger partial charge in [-0.05, 0) is 11.6 Å². The molecule has 0 radical (unpaired) electrons. The second-order valence-corrected chi connectivity index (χ2v) is 4.07. The monoisotopic (exact) mass is 273 g/mol. The molecule has 3 nitrogen and oxygen atoms in total. The van der Waals surface area contributed by atoms with Crippen LogP contribution in [-0.4, -0.2) is 26.4 Å². The van der Waals surface area contributed by atoms with Gasteiger partial charge in [0, 0.05) is 18.1 Å². The minimum absolute atomic E-state index is 0.0397. The van der Waals surface area contributed by atoms with Crippen LogP contribution in [0.4, 0.5) is 0 Å². The molecule has 1 atom stereocenters. The Balaban J connectivity index is 2.45.